The number of amides is 1. The second-order valence-corrected chi connectivity index (χ2v) is 6.90. The molecule has 4 N–H and O–H groups in total. The third-order valence-corrected chi connectivity index (χ3v) is 4.71. The molecule has 0 radical (unpaired) electrons. The smallest absolute Gasteiger partial charge is 0.251 e. The van der Waals surface area contributed by atoms with E-state index in [0.29, 0.717) is 11.6 Å². The van der Waals surface area contributed by atoms with Crippen LogP contribution in [-0.2, 0) is 14.4 Å². The van der Waals surface area contributed by atoms with Gasteiger partial charge in [-0.05, 0) is 31.2 Å². The van der Waals surface area contributed by atoms with Gasteiger partial charge < -0.3 is 20.6 Å². The van der Waals surface area contributed by atoms with E-state index >= 15 is 0 Å². The number of pyridine rings is 1. The van der Waals surface area contributed by atoms with Crippen LogP contribution < -0.4 is 20.9 Å². The van der Waals surface area contributed by atoms with Crippen LogP contribution in [0.5, 0.6) is 5.75 Å². The minimum Gasteiger partial charge on any atom is -0.495 e. The molecule has 0 spiro atoms. The number of methoxy groups -OCH3 is 1. The van der Waals surface area contributed by atoms with E-state index in [-0.39, 0.29) is 29.0 Å². The van der Waals surface area contributed by atoms with Crippen molar-refractivity contribution < 1.29 is 29.0 Å². The van der Waals surface area contributed by atoms with E-state index in [2.05, 4.69) is 26.3 Å². The van der Waals surface area contributed by atoms with Gasteiger partial charge in [0.25, 0.3) is 5.91 Å². The number of carbonyl (C=O) groups excluding carboxylic acids is 4. The van der Waals surface area contributed by atoms with E-state index in [0.717, 1.165) is 0 Å². The van der Waals surface area contributed by atoms with E-state index in [1.54, 1.807) is 49.4 Å². The predicted octanol–water partition coefficient (Wildman–Crippen LogP) is 0.451. The van der Waals surface area contributed by atoms with E-state index in [9.17, 15) is 24.3 Å². The van der Waals surface area contributed by atoms with Crippen molar-refractivity contribution in [3.63, 3.8) is 0 Å². The van der Waals surface area contributed by atoms with Crippen molar-refractivity contribution in [2.45, 2.75) is 13.0 Å². The number of ether oxygens (including phenoxy) is 1. The first-order chi connectivity index (χ1) is 16.4. The second kappa shape index (κ2) is 10.9. The lowest BCUT2D eigenvalue weighted by Crippen LogP contribution is -2.49. The van der Waals surface area contributed by atoms with Gasteiger partial charge in [-0.1, -0.05) is 18.2 Å². The molecule has 0 saturated heterocycles. The molecule has 1 atom stereocenters. The molecule has 3 aromatic rings. The molecular formula is C22H22N6O6. The Balaban J connectivity index is 1.93. The number of aryl methyl sites for hydroxylation is 1. The van der Waals surface area contributed by atoms with Gasteiger partial charge in [0, 0.05) is 6.20 Å². The molecule has 1 aromatic carbocycles. The van der Waals surface area contributed by atoms with Crippen molar-refractivity contribution in [3.8, 4) is 11.6 Å². The summed E-state index contributed by atoms with van der Waals surface area (Å²) in [7, 11) is 1.42. The first-order valence-corrected chi connectivity index (χ1v) is 10.0. The number of ketones is 2. The summed E-state index contributed by atoms with van der Waals surface area (Å²) in [5, 5.41) is 16.2. The molecule has 0 aliphatic heterocycles. The number of carbonyl (C=O) groups is 4. The van der Waals surface area contributed by atoms with Crippen LogP contribution in [0.25, 0.3) is 5.82 Å². The number of nitrogens with zero attached hydrogens (tertiary/aromatic N) is 3. The first kappa shape index (κ1) is 24.2. The highest BCUT2D eigenvalue weighted by atomic mass is 16.5. The minimum atomic E-state index is -1.67. The van der Waals surface area contributed by atoms with Crippen molar-refractivity contribution >= 4 is 35.3 Å². The molecule has 12 nitrogen and oxygen atoms in total. The Morgan fingerprint density at radius 1 is 1.18 bits per heavy atom. The van der Waals surface area contributed by atoms with Crippen LogP contribution in [0.15, 0.2) is 48.7 Å². The number of rotatable bonds is 11. The zero-order chi connectivity index (χ0) is 24.7. The molecule has 2 aromatic heterocycles. The summed E-state index contributed by atoms with van der Waals surface area (Å²) in [6, 6.07) is 9.85. The monoisotopic (exact) mass is 466 g/mol. The third kappa shape index (κ3) is 5.14. The fraction of sp³-hybridized carbons (Fsp3) is 0.182. The van der Waals surface area contributed by atoms with Crippen molar-refractivity contribution in [3.05, 3.63) is 59.9 Å². The fourth-order valence-electron chi connectivity index (χ4n) is 3.13. The number of para-hydroxylation sites is 2. The number of nitrogens with one attached hydrogen (secondary N) is 3. The van der Waals surface area contributed by atoms with Crippen LogP contribution in [-0.4, -0.2) is 63.4 Å². The molecular weight excluding hydrogens is 444 g/mol. The normalized spacial score (nSPS) is 11.4. The van der Waals surface area contributed by atoms with E-state index in [1.807, 2.05) is 0 Å². The number of aliphatic hydroxyl groups excluding tert-OH is 1. The number of benzene rings is 1. The van der Waals surface area contributed by atoms with Crippen LogP contribution in [0.4, 0.5) is 11.5 Å². The van der Waals surface area contributed by atoms with Gasteiger partial charge in [-0.15, -0.1) is 0 Å². The Hall–Kier alpha value is -4.42. The highest BCUT2D eigenvalue weighted by molar-refractivity contribution is 6.34. The topological polar surface area (TPSA) is 165 Å². The van der Waals surface area contributed by atoms with Gasteiger partial charge in [0.2, 0.25) is 5.78 Å². The average molecular weight is 466 g/mol. The number of aldehydes is 1. The summed E-state index contributed by atoms with van der Waals surface area (Å²) >= 11 is 0. The number of hydrazine groups is 1. The molecule has 12 heteroatoms. The van der Waals surface area contributed by atoms with Crippen molar-refractivity contribution in [1.29, 1.82) is 0 Å². The standard InChI is InChI=1S/C22H22N6O6/c1-13-19(15(31)11-29)21(28(27-13)18-9-5-6-10-23-18)26-25-20(16(32)12-30)22(33)24-14-7-3-4-8-17(14)34-2/h3-10,12,20,25-26,29H,11H2,1-2H3,(H,24,33). The molecule has 0 saturated carbocycles. The Morgan fingerprint density at radius 3 is 2.56 bits per heavy atom. The van der Waals surface area contributed by atoms with Crippen LogP contribution in [0, 0.1) is 6.92 Å². The summed E-state index contributed by atoms with van der Waals surface area (Å²) in [5.74, 6) is -1.89. The Morgan fingerprint density at radius 2 is 1.91 bits per heavy atom. The van der Waals surface area contributed by atoms with Gasteiger partial charge >= 0.3 is 0 Å². The molecule has 176 valence electrons. The van der Waals surface area contributed by atoms with Gasteiger partial charge in [0.15, 0.2) is 29.7 Å². The molecule has 34 heavy (non-hydrogen) atoms. The van der Waals surface area contributed by atoms with Gasteiger partial charge in [-0.25, -0.2) is 10.4 Å². The van der Waals surface area contributed by atoms with Crippen LogP contribution in [0.2, 0.25) is 0 Å². The maximum Gasteiger partial charge on any atom is 0.251 e. The molecule has 0 aliphatic rings. The maximum absolute atomic E-state index is 12.8. The molecule has 0 bridgehead atoms. The van der Waals surface area contributed by atoms with Gasteiger partial charge in [0.1, 0.15) is 12.4 Å². The molecule has 3 rings (SSSR count). The number of Topliss-reactive ketones (excluding diaryl/α,β-unsaturated/α-hetero) is 2. The number of anilines is 2. The molecule has 2 heterocycles. The summed E-state index contributed by atoms with van der Waals surface area (Å²) in [6.07, 6.45) is 1.51. The second-order valence-electron chi connectivity index (χ2n) is 6.90. The Labute approximate surface area is 193 Å². The van der Waals surface area contributed by atoms with E-state index < -0.39 is 30.1 Å². The van der Waals surface area contributed by atoms with Gasteiger partial charge in [-0.3, -0.25) is 19.2 Å². The zero-order valence-electron chi connectivity index (χ0n) is 18.3. The summed E-state index contributed by atoms with van der Waals surface area (Å²) in [6.45, 7) is 0.754. The number of hydrogen-bond acceptors (Lipinski definition) is 10. The lowest BCUT2D eigenvalue weighted by Gasteiger charge is -2.18. The zero-order valence-corrected chi connectivity index (χ0v) is 18.3. The largest absolute Gasteiger partial charge is 0.495 e. The van der Waals surface area contributed by atoms with E-state index in [4.69, 9.17) is 4.74 Å². The van der Waals surface area contributed by atoms with Gasteiger partial charge in [-0.2, -0.15) is 9.78 Å². The summed E-state index contributed by atoms with van der Waals surface area (Å²) in [5.41, 5.74) is 5.68. The summed E-state index contributed by atoms with van der Waals surface area (Å²) < 4.78 is 6.45. The highest BCUT2D eigenvalue weighted by Crippen LogP contribution is 2.24. The highest BCUT2D eigenvalue weighted by Gasteiger charge is 2.29. The fourth-order valence-corrected chi connectivity index (χ4v) is 3.13. The molecule has 0 fully saturated rings. The SMILES string of the molecule is COc1ccccc1NC(=O)C(NNc1c(C(=O)CO)c(C)nn1-c1ccccn1)C(=O)C=O. The Bertz CT molecular complexity index is 1210. The third-order valence-electron chi connectivity index (χ3n) is 4.71. The minimum absolute atomic E-state index is 0.00222. The predicted molar refractivity (Wildman–Crippen MR) is 121 cm³/mol. The van der Waals surface area contributed by atoms with Crippen LogP contribution >= 0.6 is 0 Å². The lowest BCUT2D eigenvalue weighted by molar-refractivity contribution is -0.134. The lowest BCUT2D eigenvalue weighted by atomic mass is 10.1. The van der Waals surface area contributed by atoms with Crippen molar-refractivity contribution in [1.82, 2.24) is 20.2 Å². The first-order valence-electron chi connectivity index (χ1n) is 10.0. The molecule has 0 aliphatic carbocycles. The maximum atomic E-state index is 12.8. The van der Waals surface area contributed by atoms with Crippen LogP contribution in [0.3, 0.4) is 0 Å². The number of aliphatic hydroxyl groups is 1. The molecule has 1 unspecified atom stereocenters. The van der Waals surface area contributed by atoms with Gasteiger partial charge in [0.05, 0.1) is 24.1 Å². The average Bonchev–Trinajstić information content (AvgIpc) is 3.20. The number of aromatic nitrogens is 3. The number of hydrogen-bond donors (Lipinski definition) is 4. The Kier molecular flexibility index (Phi) is 7.79. The van der Waals surface area contributed by atoms with E-state index in [1.165, 1.54) is 18.0 Å². The summed E-state index contributed by atoms with van der Waals surface area (Å²) in [4.78, 5) is 52.9. The van der Waals surface area contributed by atoms with Crippen molar-refractivity contribution in [2.75, 3.05) is 24.5 Å². The quantitative estimate of drug-likeness (QED) is 0.102. The molecule has 1 amide bonds. The van der Waals surface area contributed by atoms with Crippen LogP contribution in [0.1, 0.15) is 16.1 Å². The van der Waals surface area contributed by atoms with Crippen molar-refractivity contribution in [2.24, 2.45) is 0 Å².